The van der Waals surface area contributed by atoms with E-state index < -0.39 is 49.2 Å². The van der Waals surface area contributed by atoms with Crippen LogP contribution in [0, 0.1) is 10.1 Å². The second kappa shape index (κ2) is 17.2. The van der Waals surface area contributed by atoms with E-state index in [1.165, 1.54) is 34.1 Å². The second-order valence-corrected chi connectivity index (χ2v) is 14.8. The molecule has 3 aliphatic heterocycles. The number of hydrogen-bond acceptors (Lipinski definition) is 11. The third-order valence-electron chi connectivity index (χ3n) is 9.57. The standard InChI is InChI=1S/C42H35N3O11P.ClH/c46-40-38(44-36(28-52-42(44)48)30-13-5-1-6-14-30)35-25-26-37(39(43(35)40)41(47)51-27-29-21-23-31(24-22-29)45(49)50)56-57(53-32-15-7-2-8-16-32,54-33-17-9-3-10-18-33)55-34-19-11-4-12-20-34;/h1-24,35-36,38H,25-28H2;1H/q+1;/p-1/t35-,36?,38+;/m1./s1. The molecule has 2 saturated heterocycles. The summed E-state index contributed by atoms with van der Waals surface area (Å²) in [7, 11) is -4.09. The number of halogens is 1. The van der Waals surface area contributed by atoms with Crippen molar-refractivity contribution < 1.29 is 59.3 Å². The number of non-ortho nitro benzene ring substituents is 1. The molecular formula is C42H35ClN3O11P. The number of cyclic esters (lactones) is 1. The first-order chi connectivity index (χ1) is 27.8. The molecule has 0 aliphatic carbocycles. The maximum Gasteiger partial charge on any atom is 0.766 e. The third kappa shape index (κ3) is 8.24. The molecule has 2 fully saturated rings. The van der Waals surface area contributed by atoms with Gasteiger partial charge in [0.2, 0.25) is 0 Å². The average molecular weight is 824 g/mol. The lowest BCUT2D eigenvalue weighted by Gasteiger charge is -2.52. The number of rotatable bonds is 14. The Balaban J connectivity index is 0.00000512. The Hall–Kier alpha value is -6.63. The number of allylic oxidation sites excluding steroid dienone is 1. The van der Waals surface area contributed by atoms with Crippen molar-refractivity contribution in [3.63, 3.8) is 0 Å². The fraction of sp³-hybridized carbons (Fsp3) is 0.167. The van der Waals surface area contributed by atoms with Gasteiger partial charge >= 0.3 is 20.2 Å². The maximum absolute atomic E-state index is 14.4. The van der Waals surface area contributed by atoms with E-state index in [9.17, 15) is 24.5 Å². The Morgan fingerprint density at radius 2 is 1.26 bits per heavy atom. The van der Waals surface area contributed by atoms with E-state index in [1.54, 1.807) is 72.8 Å². The van der Waals surface area contributed by atoms with E-state index in [4.69, 9.17) is 27.6 Å². The van der Waals surface area contributed by atoms with Crippen molar-refractivity contribution in [1.82, 2.24) is 9.80 Å². The zero-order valence-corrected chi connectivity index (χ0v) is 32.2. The summed E-state index contributed by atoms with van der Waals surface area (Å²) >= 11 is 0. The van der Waals surface area contributed by atoms with Gasteiger partial charge < -0.3 is 21.9 Å². The van der Waals surface area contributed by atoms with Crippen LogP contribution in [0.15, 0.2) is 157 Å². The number of carbonyl (C=O) groups is 3. The largest absolute Gasteiger partial charge is 1.00 e. The summed E-state index contributed by atoms with van der Waals surface area (Å²) in [5.74, 6) is -0.424. The molecule has 3 atom stereocenters. The predicted molar refractivity (Wildman–Crippen MR) is 205 cm³/mol. The zero-order valence-electron chi connectivity index (χ0n) is 30.6. The molecule has 8 rings (SSSR count). The van der Waals surface area contributed by atoms with E-state index >= 15 is 0 Å². The Bertz CT molecular complexity index is 2190. The van der Waals surface area contributed by atoms with Crippen molar-refractivity contribution in [2.45, 2.75) is 37.6 Å². The number of amides is 2. The zero-order chi connectivity index (χ0) is 39.4. The van der Waals surface area contributed by atoms with Crippen LogP contribution in [-0.4, -0.2) is 51.4 Å². The van der Waals surface area contributed by atoms with Gasteiger partial charge in [0.1, 0.15) is 19.3 Å². The summed E-state index contributed by atoms with van der Waals surface area (Å²) in [6.07, 6.45) is -0.274. The van der Waals surface area contributed by atoms with Crippen LogP contribution in [0.5, 0.6) is 17.2 Å². The lowest BCUT2D eigenvalue weighted by Crippen LogP contribution is -3.00. The highest BCUT2D eigenvalue weighted by Gasteiger charge is 2.63. The first kappa shape index (κ1) is 39.6. The summed E-state index contributed by atoms with van der Waals surface area (Å²) < 4.78 is 37.5. The van der Waals surface area contributed by atoms with E-state index in [1.807, 2.05) is 48.5 Å². The molecule has 3 aliphatic rings. The van der Waals surface area contributed by atoms with Crippen LogP contribution in [0.2, 0.25) is 0 Å². The summed E-state index contributed by atoms with van der Waals surface area (Å²) in [4.78, 5) is 55.4. The minimum Gasteiger partial charge on any atom is -1.00 e. The van der Waals surface area contributed by atoms with Gasteiger partial charge in [-0.15, -0.1) is 0 Å². The van der Waals surface area contributed by atoms with Crippen LogP contribution in [0.25, 0.3) is 0 Å². The number of β-lactam (4-membered cyclic amide) rings is 1. The van der Waals surface area contributed by atoms with Gasteiger partial charge in [0.05, 0.1) is 17.0 Å². The highest BCUT2D eigenvalue weighted by atomic mass is 35.5. The third-order valence-corrected chi connectivity index (χ3v) is 11.3. The molecule has 16 heteroatoms. The van der Waals surface area contributed by atoms with Gasteiger partial charge in [-0.25, -0.2) is 27.7 Å². The maximum atomic E-state index is 14.4. The number of para-hydroxylation sites is 3. The van der Waals surface area contributed by atoms with Crippen molar-refractivity contribution in [3.05, 3.63) is 178 Å². The van der Waals surface area contributed by atoms with Crippen LogP contribution in [-0.2, 0) is 30.2 Å². The summed E-state index contributed by atoms with van der Waals surface area (Å²) in [5.41, 5.74) is 0.932. The van der Waals surface area contributed by atoms with Gasteiger partial charge in [-0.1, -0.05) is 84.9 Å². The number of hydrogen-bond donors (Lipinski definition) is 0. The number of nitro benzene ring substituents is 1. The van der Waals surface area contributed by atoms with Crippen molar-refractivity contribution >= 4 is 31.8 Å². The van der Waals surface area contributed by atoms with Crippen LogP contribution in [0.3, 0.4) is 0 Å². The SMILES string of the molecule is O=C(OCc1ccc([N+](=O)[O-])cc1)C1=C(O[P+](Oc2ccccc2)(Oc2ccccc2)Oc2ccccc2)CC[C@@H]2[C@H](N3C(=O)OCC3c3ccccc3)C(=O)N12.[Cl-]. The molecular weight excluding hydrogens is 789 g/mol. The average Bonchev–Trinajstić information content (AvgIpc) is 3.61. The second-order valence-electron chi connectivity index (χ2n) is 13.2. The molecule has 296 valence electrons. The fourth-order valence-corrected chi connectivity index (χ4v) is 8.72. The number of fused-ring (bicyclic) bond motifs is 1. The van der Waals surface area contributed by atoms with Crippen LogP contribution in [0.4, 0.5) is 10.5 Å². The Kier molecular flexibility index (Phi) is 11.8. The predicted octanol–water partition coefficient (Wildman–Crippen LogP) is 5.35. The number of carbonyl (C=O) groups excluding carboxylic acids is 3. The van der Waals surface area contributed by atoms with Gasteiger partial charge in [-0.05, 0) is 66.1 Å². The molecule has 2 amide bonds. The molecule has 14 nitrogen and oxygen atoms in total. The summed E-state index contributed by atoms with van der Waals surface area (Å²) in [5, 5.41) is 11.2. The van der Waals surface area contributed by atoms with Crippen molar-refractivity contribution in [2.24, 2.45) is 0 Å². The lowest BCUT2D eigenvalue weighted by atomic mass is 9.84. The van der Waals surface area contributed by atoms with Crippen LogP contribution >= 0.6 is 8.17 Å². The molecule has 58 heavy (non-hydrogen) atoms. The molecule has 0 spiro atoms. The summed E-state index contributed by atoms with van der Waals surface area (Å²) in [6, 6.07) is 39.0. The van der Waals surface area contributed by atoms with Crippen LogP contribution in [0.1, 0.15) is 30.0 Å². The minimum atomic E-state index is -4.09. The molecule has 3 heterocycles. The lowest BCUT2D eigenvalue weighted by molar-refractivity contribution is -0.384. The molecule has 0 N–H and O–H groups in total. The van der Waals surface area contributed by atoms with E-state index in [0.717, 1.165) is 5.56 Å². The molecule has 1 unspecified atom stereocenters. The summed E-state index contributed by atoms with van der Waals surface area (Å²) in [6.45, 7) is -0.217. The molecule has 0 aromatic heterocycles. The van der Waals surface area contributed by atoms with Gasteiger partial charge in [0, 0.05) is 18.6 Å². The molecule has 0 radical (unpaired) electrons. The normalized spacial score (nSPS) is 18.5. The highest BCUT2D eigenvalue weighted by Crippen LogP contribution is 2.64. The fourth-order valence-electron chi connectivity index (χ4n) is 6.91. The van der Waals surface area contributed by atoms with E-state index in [-0.39, 0.29) is 55.6 Å². The minimum absolute atomic E-state index is 0. The number of ether oxygens (including phenoxy) is 2. The first-order valence-corrected chi connectivity index (χ1v) is 19.5. The van der Waals surface area contributed by atoms with Crippen molar-refractivity contribution in [2.75, 3.05) is 6.61 Å². The first-order valence-electron chi connectivity index (χ1n) is 18.1. The molecule has 0 bridgehead atoms. The smallest absolute Gasteiger partial charge is 0.766 e. The Morgan fingerprint density at radius 1 is 0.741 bits per heavy atom. The quantitative estimate of drug-likeness (QED) is 0.0468. The number of nitro groups is 1. The van der Waals surface area contributed by atoms with Gasteiger partial charge in [-0.3, -0.25) is 24.7 Å². The highest BCUT2D eigenvalue weighted by molar-refractivity contribution is 7.57. The van der Waals surface area contributed by atoms with Gasteiger partial charge in [0.25, 0.3) is 11.6 Å². The number of benzene rings is 5. The Labute approximate surface area is 339 Å². The van der Waals surface area contributed by atoms with E-state index in [0.29, 0.717) is 22.8 Å². The van der Waals surface area contributed by atoms with Crippen molar-refractivity contribution in [1.29, 1.82) is 0 Å². The van der Waals surface area contributed by atoms with E-state index in [2.05, 4.69) is 0 Å². The molecule has 5 aromatic carbocycles. The van der Waals surface area contributed by atoms with Gasteiger partial charge in [-0.2, -0.15) is 0 Å². The Morgan fingerprint density at radius 3 is 1.78 bits per heavy atom. The van der Waals surface area contributed by atoms with Crippen molar-refractivity contribution in [3.8, 4) is 17.2 Å². The number of esters is 1. The topological polar surface area (TPSA) is 156 Å². The monoisotopic (exact) mass is 823 g/mol. The molecule has 5 aromatic rings. The number of nitrogens with zero attached hydrogens (tertiary/aromatic N) is 3. The molecule has 0 saturated carbocycles. The van der Waals surface area contributed by atoms with Crippen LogP contribution < -0.4 is 26.0 Å². The van der Waals surface area contributed by atoms with Gasteiger partial charge in [0.15, 0.2) is 28.7 Å².